The monoisotopic (exact) mass is 339 g/mol. The Labute approximate surface area is 147 Å². The van der Waals surface area contributed by atoms with Gasteiger partial charge in [-0.25, -0.2) is 9.97 Å². The van der Waals surface area contributed by atoms with E-state index in [4.69, 9.17) is 0 Å². The van der Waals surface area contributed by atoms with Crippen molar-refractivity contribution < 1.29 is 5.11 Å². The lowest BCUT2D eigenvalue weighted by Crippen LogP contribution is -2.27. The number of nitrogens with one attached hydrogen (secondary N) is 1. The highest BCUT2D eigenvalue weighted by atomic mass is 16.3. The third kappa shape index (κ3) is 3.64. The summed E-state index contributed by atoms with van der Waals surface area (Å²) < 4.78 is 1.92. The molecule has 3 aromatic rings. The molecule has 0 aliphatic rings. The topological polar surface area (TPSA) is 75.9 Å². The van der Waals surface area contributed by atoms with Gasteiger partial charge in [-0.2, -0.15) is 5.10 Å². The van der Waals surface area contributed by atoms with E-state index in [1.165, 1.54) is 5.56 Å². The minimum Gasteiger partial charge on any atom is -0.394 e. The number of aryl methyl sites for hydroxylation is 3. The highest BCUT2D eigenvalue weighted by Crippen LogP contribution is 2.24. The van der Waals surface area contributed by atoms with Crippen LogP contribution in [0.2, 0.25) is 0 Å². The standard InChI is InChI=1S/C19H25N5O/c1-4-16-21-17-13(3)23-24(5-2)18(17)19(22-16)20-15(12-25)11-14-9-7-6-8-10-14/h6-10,15,25H,4-5,11-12H2,1-3H3,(H,20,21,22)/t15-/m1/s1. The molecule has 0 unspecified atom stereocenters. The average Bonchev–Trinajstić information content (AvgIpc) is 2.98. The van der Waals surface area contributed by atoms with E-state index in [0.717, 1.165) is 47.8 Å². The van der Waals surface area contributed by atoms with Crippen molar-refractivity contribution in [2.45, 2.75) is 46.2 Å². The second-order valence-electron chi connectivity index (χ2n) is 6.15. The van der Waals surface area contributed by atoms with Gasteiger partial charge in [0.25, 0.3) is 0 Å². The van der Waals surface area contributed by atoms with Crippen molar-refractivity contribution >= 4 is 16.9 Å². The molecule has 1 aromatic carbocycles. The Balaban J connectivity index is 1.98. The fraction of sp³-hybridized carbons (Fsp3) is 0.421. The van der Waals surface area contributed by atoms with Crippen LogP contribution in [0.25, 0.3) is 11.0 Å². The molecule has 0 aliphatic carbocycles. The number of hydrogen-bond acceptors (Lipinski definition) is 5. The van der Waals surface area contributed by atoms with Gasteiger partial charge in [0, 0.05) is 13.0 Å². The summed E-state index contributed by atoms with van der Waals surface area (Å²) >= 11 is 0. The number of rotatable bonds is 7. The van der Waals surface area contributed by atoms with Crippen LogP contribution >= 0.6 is 0 Å². The molecule has 0 fully saturated rings. The third-order valence-electron chi connectivity index (χ3n) is 4.30. The normalized spacial score (nSPS) is 12.5. The highest BCUT2D eigenvalue weighted by Gasteiger charge is 2.18. The van der Waals surface area contributed by atoms with Crippen molar-refractivity contribution in [3.63, 3.8) is 0 Å². The molecule has 0 saturated heterocycles. The van der Waals surface area contributed by atoms with Gasteiger partial charge < -0.3 is 10.4 Å². The summed E-state index contributed by atoms with van der Waals surface area (Å²) in [6, 6.07) is 10.0. The average molecular weight is 339 g/mol. The van der Waals surface area contributed by atoms with E-state index in [2.05, 4.69) is 39.4 Å². The maximum Gasteiger partial charge on any atom is 0.156 e. The van der Waals surface area contributed by atoms with E-state index in [1.807, 2.05) is 36.7 Å². The summed E-state index contributed by atoms with van der Waals surface area (Å²) in [5, 5.41) is 17.8. The van der Waals surface area contributed by atoms with Gasteiger partial charge in [-0.1, -0.05) is 37.3 Å². The molecule has 0 amide bonds. The van der Waals surface area contributed by atoms with E-state index >= 15 is 0 Å². The Kier molecular flexibility index (Phi) is 5.28. The summed E-state index contributed by atoms with van der Waals surface area (Å²) in [5.74, 6) is 1.53. The minimum atomic E-state index is -0.120. The SMILES string of the molecule is CCc1nc(N[C@@H](CO)Cc2ccccc2)c2c(n1)c(C)nn2CC. The van der Waals surface area contributed by atoms with Crippen LogP contribution in [-0.4, -0.2) is 37.5 Å². The molecule has 6 nitrogen and oxygen atoms in total. The molecule has 2 N–H and O–H groups in total. The lowest BCUT2D eigenvalue weighted by Gasteiger charge is -2.18. The summed E-state index contributed by atoms with van der Waals surface area (Å²) in [5.41, 5.74) is 3.87. The molecule has 132 valence electrons. The van der Waals surface area contributed by atoms with Gasteiger partial charge in [-0.05, 0) is 25.8 Å². The molecule has 0 spiro atoms. The Bertz CT molecular complexity index is 844. The second-order valence-corrected chi connectivity index (χ2v) is 6.15. The molecule has 2 heterocycles. The van der Waals surface area contributed by atoms with Gasteiger partial charge in [-0.3, -0.25) is 4.68 Å². The van der Waals surface area contributed by atoms with Crippen LogP contribution in [0.4, 0.5) is 5.82 Å². The number of anilines is 1. The summed E-state index contributed by atoms with van der Waals surface area (Å²) in [6.07, 6.45) is 1.48. The van der Waals surface area contributed by atoms with Gasteiger partial charge in [0.05, 0.1) is 18.3 Å². The Morgan fingerprint density at radius 2 is 1.92 bits per heavy atom. The smallest absolute Gasteiger partial charge is 0.156 e. The molecule has 0 bridgehead atoms. The minimum absolute atomic E-state index is 0.0289. The Morgan fingerprint density at radius 3 is 2.56 bits per heavy atom. The zero-order chi connectivity index (χ0) is 17.8. The van der Waals surface area contributed by atoms with Crippen LogP contribution in [-0.2, 0) is 19.4 Å². The van der Waals surface area contributed by atoms with Gasteiger partial charge in [0.2, 0.25) is 0 Å². The lowest BCUT2D eigenvalue weighted by molar-refractivity contribution is 0.273. The van der Waals surface area contributed by atoms with Crippen molar-refractivity contribution in [2.75, 3.05) is 11.9 Å². The van der Waals surface area contributed by atoms with Crippen molar-refractivity contribution in [2.24, 2.45) is 0 Å². The van der Waals surface area contributed by atoms with Crippen LogP contribution in [0.1, 0.15) is 30.9 Å². The second kappa shape index (κ2) is 7.61. The quantitative estimate of drug-likeness (QED) is 0.692. The van der Waals surface area contributed by atoms with E-state index in [9.17, 15) is 5.11 Å². The number of benzene rings is 1. The number of nitrogens with zero attached hydrogens (tertiary/aromatic N) is 4. The number of aliphatic hydroxyl groups excluding tert-OH is 1. The van der Waals surface area contributed by atoms with Crippen molar-refractivity contribution in [3.8, 4) is 0 Å². The van der Waals surface area contributed by atoms with Gasteiger partial charge >= 0.3 is 0 Å². The van der Waals surface area contributed by atoms with Crippen LogP contribution in [0, 0.1) is 6.92 Å². The molecule has 25 heavy (non-hydrogen) atoms. The van der Waals surface area contributed by atoms with Gasteiger partial charge in [0.1, 0.15) is 16.9 Å². The first-order valence-electron chi connectivity index (χ1n) is 8.81. The van der Waals surface area contributed by atoms with Crippen LogP contribution < -0.4 is 5.32 Å². The molecule has 3 rings (SSSR count). The number of aromatic nitrogens is 4. The molecule has 0 saturated carbocycles. The van der Waals surface area contributed by atoms with Crippen molar-refractivity contribution in [1.82, 2.24) is 19.7 Å². The van der Waals surface area contributed by atoms with E-state index in [-0.39, 0.29) is 12.6 Å². The van der Waals surface area contributed by atoms with Crippen molar-refractivity contribution in [1.29, 1.82) is 0 Å². The van der Waals surface area contributed by atoms with E-state index in [0.29, 0.717) is 0 Å². The zero-order valence-electron chi connectivity index (χ0n) is 15.0. The molecular weight excluding hydrogens is 314 g/mol. The lowest BCUT2D eigenvalue weighted by atomic mass is 10.1. The van der Waals surface area contributed by atoms with Crippen molar-refractivity contribution in [3.05, 3.63) is 47.4 Å². The first-order valence-corrected chi connectivity index (χ1v) is 8.81. The zero-order valence-corrected chi connectivity index (χ0v) is 15.0. The van der Waals surface area contributed by atoms with Crippen LogP contribution in [0.5, 0.6) is 0 Å². The number of fused-ring (bicyclic) bond motifs is 1. The summed E-state index contributed by atoms with van der Waals surface area (Å²) in [4.78, 5) is 9.32. The van der Waals surface area contributed by atoms with E-state index < -0.39 is 0 Å². The largest absolute Gasteiger partial charge is 0.394 e. The fourth-order valence-corrected chi connectivity index (χ4v) is 3.02. The maximum atomic E-state index is 9.85. The third-order valence-corrected chi connectivity index (χ3v) is 4.30. The van der Waals surface area contributed by atoms with Crippen LogP contribution in [0.15, 0.2) is 30.3 Å². The Morgan fingerprint density at radius 1 is 1.16 bits per heavy atom. The first kappa shape index (κ1) is 17.4. The first-order chi connectivity index (χ1) is 12.2. The van der Waals surface area contributed by atoms with E-state index in [1.54, 1.807) is 0 Å². The predicted molar refractivity (Wildman–Crippen MR) is 99.8 cm³/mol. The molecule has 0 aliphatic heterocycles. The summed E-state index contributed by atoms with van der Waals surface area (Å²) in [7, 11) is 0. The predicted octanol–water partition coefficient (Wildman–Crippen LogP) is 2.73. The Hall–Kier alpha value is -2.47. The summed E-state index contributed by atoms with van der Waals surface area (Å²) in [6.45, 7) is 6.84. The number of hydrogen-bond donors (Lipinski definition) is 2. The molecule has 6 heteroatoms. The highest BCUT2D eigenvalue weighted by molar-refractivity contribution is 5.87. The molecular formula is C19H25N5O. The van der Waals surface area contributed by atoms with Gasteiger partial charge in [-0.15, -0.1) is 0 Å². The molecule has 2 aromatic heterocycles. The molecule has 0 radical (unpaired) electrons. The number of aliphatic hydroxyl groups is 1. The van der Waals surface area contributed by atoms with Crippen LogP contribution in [0.3, 0.4) is 0 Å². The fourth-order valence-electron chi connectivity index (χ4n) is 3.02. The van der Waals surface area contributed by atoms with Gasteiger partial charge in [0.15, 0.2) is 5.82 Å². The molecule has 1 atom stereocenters. The maximum absolute atomic E-state index is 9.85.